The van der Waals surface area contributed by atoms with Crippen LogP contribution in [0.5, 0.6) is 11.5 Å². The summed E-state index contributed by atoms with van der Waals surface area (Å²) in [7, 11) is -1.23. The standard InChI is InChI=1S/C18H18FNO7S/c1-25-16-7-6-12(8-17(16)26-2)15(21)11-27-18(22)10-20-28(23,24)14-5-3-4-13(19)9-14/h3-9,20H,10-11H2,1-2H3. The highest BCUT2D eigenvalue weighted by atomic mass is 32.2. The average molecular weight is 411 g/mol. The van der Waals surface area contributed by atoms with Gasteiger partial charge in [0, 0.05) is 5.56 Å². The van der Waals surface area contributed by atoms with Gasteiger partial charge in [-0.15, -0.1) is 0 Å². The van der Waals surface area contributed by atoms with Gasteiger partial charge in [-0.05, 0) is 36.4 Å². The molecule has 0 unspecified atom stereocenters. The lowest BCUT2D eigenvalue weighted by Crippen LogP contribution is -2.31. The largest absolute Gasteiger partial charge is 0.493 e. The first-order chi connectivity index (χ1) is 13.3. The predicted octanol–water partition coefficient (Wildman–Crippen LogP) is 1.55. The summed E-state index contributed by atoms with van der Waals surface area (Å²) < 4.78 is 54.1. The van der Waals surface area contributed by atoms with Crippen LogP contribution in [0.2, 0.25) is 0 Å². The van der Waals surface area contributed by atoms with Crippen LogP contribution in [0.4, 0.5) is 4.39 Å². The second-order valence-corrected chi connectivity index (χ2v) is 7.20. The number of sulfonamides is 1. The van der Waals surface area contributed by atoms with Gasteiger partial charge >= 0.3 is 5.97 Å². The molecule has 0 aliphatic rings. The highest BCUT2D eigenvalue weighted by Gasteiger charge is 2.18. The third-order valence-corrected chi connectivity index (χ3v) is 4.98. The van der Waals surface area contributed by atoms with Crippen LogP contribution in [0.25, 0.3) is 0 Å². The first-order valence-corrected chi connectivity index (χ1v) is 9.41. The molecule has 0 aliphatic carbocycles. The SMILES string of the molecule is COc1ccc(C(=O)COC(=O)CNS(=O)(=O)c2cccc(F)c2)cc1OC. The van der Waals surface area contributed by atoms with Crippen LogP contribution in [0.15, 0.2) is 47.4 Å². The molecule has 150 valence electrons. The van der Waals surface area contributed by atoms with Gasteiger partial charge in [0.2, 0.25) is 10.0 Å². The maximum Gasteiger partial charge on any atom is 0.321 e. The van der Waals surface area contributed by atoms with E-state index >= 15 is 0 Å². The molecular formula is C18H18FNO7S. The van der Waals surface area contributed by atoms with Crippen molar-refractivity contribution in [1.29, 1.82) is 0 Å². The molecule has 0 fully saturated rings. The van der Waals surface area contributed by atoms with Crippen LogP contribution in [0, 0.1) is 5.82 Å². The van der Waals surface area contributed by atoms with E-state index in [2.05, 4.69) is 0 Å². The molecule has 0 spiro atoms. The molecule has 2 rings (SSSR count). The second kappa shape index (κ2) is 9.29. The number of carbonyl (C=O) groups is 2. The fourth-order valence-electron chi connectivity index (χ4n) is 2.16. The van der Waals surface area contributed by atoms with Crippen molar-refractivity contribution < 1.29 is 36.6 Å². The van der Waals surface area contributed by atoms with Crippen molar-refractivity contribution in [2.45, 2.75) is 4.90 Å². The number of esters is 1. The minimum atomic E-state index is -4.09. The Kier molecular flexibility index (Phi) is 7.07. The second-order valence-electron chi connectivity index (χ2n) is 5.44. The first kappa shape index (κ1) is 21.3. The summed E-state index contributed by atoms with van der Waals surface area (Å²) in [6, 6.07) is 8.75. The van der Waals surface area contributed by atoms with Gasteiger partial charge < -0.3 is 14.2 Å². The number of hydrogen-bond acceptors (Lipinski definition) is 7. The third kappa shape index (κ3) is 5.51. The van der Waals surface area contributed by atoms with E-state index < -0.39 is 40.7 Å². The minimum Gasteiger partial charge on any atom is -0.493 e. The van der Waals surface area contributed by atoms with Crippen LogP contribution in [0.1, 0.15) is 10.4 Å². The van der Waals surface area contributed by atoms with E-state index in [9.17, 15) is 22.4 Å². The van der Waals surface area contributed by atoms with Crippen LogP contribution in [-0.2, 0) is 19.6 Å². The summed E-state index contributed by atoms with van der Waals surface area (Å²) in [5.74, 6) is -1.44. The Morgan fingerprint density at radius 2 is 1.75 bits per heavy atom. The Balaban J connectivity index is 1.91. The number of ether oxygens (including phenoxy) is 3. The fourth-order valence-corrected chi connectivity index (χ4v) is 3.16. The van der Waals surface area contributed by atoms with Crippen molar-refractivity contribution >= 4 is 21.8 Å². The number of carbonyl (C=O) groups excluding carboxylic acids is 2. The molecule has 0 bridgehead atoms. The Labute approximate surface area is 161 Å². The highest BCUT2D eigenvalue weighted by molar-refractivity contribution is 7.89. The monoisotopic (exact) mass is 411 g/mol. The molecule has 8 nitrogen and oxygen atoms in total. The minimum absolute atomic E-state index is 0.228. The first-order valence-electron chi connectivity index (χ1n) is 7.93. The normalized spacial score (nSPS) is 11.0. The molecule has 0 radical (unpaired) electrons. The quantitative estimate of drug-likeness (QED) is 0.493. The molecule has 0 saturated carbocycles. The number of Topliss-reactive ketones (excluding diaryl/α,β-unsaturated/α-hetero) is 1. The number of nitrogens with one attached hydrogen (secondary N) is 1. The highest BCUT2D eigenvalue weighted by Crippen LogP contribution is 2.27. The molecule has 10 heteroatoms. The molecule has 0 aromatic heterocycles. The number of hydrogen-bond donors (Lipinski definition) is 1. The van der Waals surface area contributed by atoms with Crippen molar-refractivity contribution in [2.75, 3.05) is 27.4 Å². The van der Waals surface area contributed by atoms with Gasteiger partial charge in [-0.2, -0.15) is 4.72 Å². The van der Waals surface area contributed by atoms with Gasteiger partial charge in [0.15, 0.2) is 23.9 Å². The number of benzene rings is 2. The van der Waals surface area contributed by atoms with Gasteiger partial charge in [-0.25, -0.2) is 12.8 Å². The van der Waals surface area contributed by atoms with Gasteiger partial charge in [0.05, 0.1) is 19.1 Å². The molecule has 28 heavy (non-hydrogen) atoms. The summed E-state index contributed by atoms with van der Waals surface area (Å²) >= 11 is 0. The van der Waals surface area contributed by atoms with Crippen molar-refractivity contribution in [2.24, 2.45) is 0 Å². The predicted molar refractivity (Wildman–Crippen MR) is 96.4 cm³/mol. The molecule has 1 N–H and O–H groups in total. The summed E-state index contributed by atoms with van der Waals surface area (Å²) in [5.41, 5.74) is 0.228. The van der Waals surface area contributed by atoms with Crippen LogP contribution in [0.3, 0.4) is 0 Å². The lowest BCUT2D eigenvalue weighted by molar-refractivity contribution is -0.141. The Morgan fingerprint density at radius 3 is 2.39 bits per heavy atom. The zero-order valence-electron chi connectivity index (χ0n) is 15.1. The van der Waals surface area contributed by atoms with E-state index in [0.717, 1.165) is 12.1 Å². The van der Waals surface area contributed by atoms with E-state index in [1.165, 1.54) is 44.6 Å². The van der Waals surface area contributed by atoms with E-state index in [1.54, 1.807) is 0 Å². The van der Waals surface area contributed by atoms with E-state index in [4.69, 9.17) is 14.2 Å². The topological polar surface area (TPSA) is 108 Å². The smallest absolute Gasteiger partial charge is 0.321 e. The van der Waals surface area contributed by atoms with Crippen molar-refractivity contribution in [1.82, 2.24) is 4.72 Å². The Morgan fingerprint density at radius 1 is 1.04 bits per heavy atom. The maximum atomic E-state index is 13.1. The molecule has 0 amide bonds. The van der Waals surface area contributed by atoms with Gasteiger partial charge in [0.25, 0.3) is 0 Å². The van der Waals surface area contributed by atoms with E-state index in [1.807, 2.05) is 4.72 Å². The van der Waals surface area contributed by atoms with E-state index in [0.29, 0.717) is 11.5 Å². The third-order valence-electron chi connectivity index (χ3n) is 3.58. The van der Waals surface area contributed by atoms with Crippen LogP contribution < -0.4 is 14.2 Å². The maximum absolute atomic E-state index is 13.1. The molecule has 2 aromatic carbocycles. The number of halogens is 1. The average Bonchev–Trinajstić information content (AvgIpc) is 2.69. The number of ketones is 1. The molecule has 0 saturated heterocycles. The van der Waals surface area contributed by atoms with Gasteiger partial charge in [0.1, 0.15) is 12.4 Å². The summed E-state index contributed by atoms with van der Waals surface area (Å²) in [4.78, 5) is 23.5. The van der Waals surface area contributed by atoms with Crippen LogP contribution >= 0.6 is 0 Å². The molecule has 2 aromatic rings. The van der Waals surface area contributed by atoms with Gasteiger partial charge in [-0.3, -0.25) is 9.59 Å². The van der Waals surface area contributed by atoms with Crippen LogP contribution in [-0.4, -0.2) is 47.5 Å². The summed E-state index contributed by atoms with van der Waals surface area (Å²) in [6.45, 7) is -1.30. The number of methoxy groups -OCH3 is 2. The number of rotatable bonds is 9. The Bertz CT molecular complexity index is 976. The lowest BCUT2D eigenvalue weighted by atomic mass is 10.1. The van der Waals surface area contributed by atoms with Crippen molar-refractivity contribution in [3.05, 3.63) is 53.8 Å². The molecular weight excluding hydrogens is 393 g/mol. The van der Waals surface area contributed by atoms with Crippen molar-refractivity contribution in [3.8, 4) is 11.5 Å². The van der Waals surface area contributed by atoms with E-state index in [-0.39, 0.29) is 10.5 Å². The summed E-state index contributed by atoms with van der Waals surface area (Å²) in [6.07, 6.45) is 0. The van der Waals surface area contributed by atoms with Crippen molar-refractivity contribution in [3.63, 3.8) is 0 Å². The Hall–Kier alpha value is -2.98. The summed E-state index contributed by atoms with van der Waals surface area (Å²) in [5, 5.41) is 0. The lowest BCUT2D eigenvalue weighted by Gasteiger charge is -2.10. The zero-order chi connectivity index (χ0) is 20.7. The fraction of sp³-hybridized carbons (Fsp3) is 0.222. The van der Waals surface area contributed by atoms with Gasteiger partial charge in [-0.1, -0.05) is 6.07 Å². The molecule has 0 aliphatic heterocycles. The zero-order valence-corrected chi connectivity index (χ0v) is 15.9. The molecule has 0 atom stereocenters. The molecule has 0 heterocycles.